The number of carbonyl (C=O) groups is 1. The van der Waals surface area contributed by atoms with Gasteiger partial charge in [0, 0.05) is 32.6 Å². The Bertz CT molecular complexity index is 751. The molecule has 3 rings (SSSR count). The van der Waals surface area contributed by atoms with Crippen LogP contribution >= 0.6 is 23.2 Å². The zero-order valence-corrected chi connectivity index (χ0v) is 17.7. The lowest BCUT2D eigenvalue weighted by molar-refractivity contribution is -0.132. The van der Waals surface area contributed by atoms with Gasteiger partial charge in [-0.2, -0.15) is 4.31 Å². The molecule has 2 aliphatic rings. The minimum atomic E-state index is -3.77. The van der Waals surface area contributed by atoms with Crippen LogP contribution in [0.2, 0.25) is 10.0 Å². The lowest BCUT2D eigenvalue weighted by Crippen LogP contribution is -2.50. The van der Waals surface area contributed by atoms with Crippen molar-refractivity contribution in [1.29, 1.82) is 0 Å². The van der Waals surface area contributed by atoms with Crippen LogP contribution in [-0.2, 0) is 14.8 Å². The van der Waals surface area contributed by atoms with E-state index >= 15 is 0 Å². The molecular weight excluding hydrogens is 407 g/mol. The molecule has 0 unspecified atom stereocenters. The molecule has 0 spiro atoms. The zero-order valence-electron chi connectivity index (χ0n) is 15.4. The first-order valence-electron chi connectivity index (χ1n) is 9.61. The van der Waals surface area contributed by atoms with Gasteiger partial charge in [-0.05, 0) is 24.5 Å². The summed E-state index contributed by atoms with van der Waals surface area (Å²) in [5.41, 5.74) is 0. The SMILES string of the molecule is O=C(CCC1CCCCC1)N1CCN(S(=O)(=O)c2c(Cl)cccc2Cl)CC1. The minimum Gasteiger partial charge on any atom is -0.340 e. The highest BCUT2D eigenvalue weighted by Crippen LogP contribution is 2.32. The molecule has 5 nitrogen and oxygen atoms in total. The fourth-order valence-corrected chi connectivity index (χ4v) is 6.51. The van der Waals surface area contributed by atoms with E-state index in [1.54, 1.807) is 11.0 Å². The third kappa shape index (κ3) is 4.97. The molecule has 0 aromatic heterocycles. The molecule has 1 saturated carbocycles. The summed E-state index contributed by atoms with van der Waals surface area (Å²) in [6.07, 6.45) is 7.85. The Morgan fingerprint density at radius 3 is 2.19 bits per heavy atom. The summed E-state index contributed by atoms with van der Waals surface area (Å²) >= 11 is 12.1. The topological polar surface area (TPSA) is 57.7 Å². The molecule has 27 heavy (non-hydrogen) atoms. The Balaban J connectivity index is 1.55. The second-order valence-corrected chi connectivity index (χ2v) is 10.1. The molecule has 150 valence electrons. The number of hydrogen-bond donors (Lipinski definition) is 0. The quantitative estimate of drug-likeness (QED) is 0.700. The lowest BCUT2D eigenvalue weighted by Gasteiger charge is -2.34. The Morgan fingerprint density at radius 1 is 1.00 bits per heavy atom. The number of sulfonamides is 1. The van der Waals surface area contributed by atoms with Crippen molar-refractivity contribution in [2.75, 3.05) is 26.2 Å². The Hall–Kier alpha value is -0.820. The first-order valence-corrected chi connectivity index (χ1v) is 11.8. The first-order chi connectivity index (χ1) is 12.9. The van der Waals surface area contributed by atoms with Crippen molar-refractivity contribution in [3.63, 3.8) is 0 Å². The molecule has 0 bridgehead atoms. The van der Waals surface area contributed by atoms with E-state index in [-0.39, 0.29) is 33.9 Å². The third-order valence-corrected chi connectivity index (χ3v) is 8.45. The molecule has 1 amide bonds. The summed E-state index contributed by atoms with van der Waals surface area (Å²) in [5.74, 6) is 0.806. The maximum absolute atomic E-state index is 12.9. The van der Waals surface area contributed by atoms with Crippen LogP contribution in [0.4, 0.5) is 0 Å². The first kappa shape index (κ1) is 20.9. The van der Waals surface area contributed by atoms with Gasteiger partial charge in [0.15, 0.2) is 0 Å². The molecular formula is C19H26Cl2N2O3S. The van der Waals surface area contributed by atoms with Gasteiger partial charge in [-0.3, -0.25) is 4.79 Å². The lowest BCUT2D eigenvalue weighted by atomic mass is 9.86. The molecule has 2 fully saturated rings. The monoisotopic (exact) mass is 432 g/mol. The van der Waals surface area contributed by atoms with E-state index < -0.39 is 10.0 Å². The number of piperazine rings is 1. The van der Waals surface area contributed by atoms with Gasteiger partial charge in [-0.25, -0.2) is 8.42 Å². The average Bonchev–Trinajstić information content (AvgIpc) is 2.67. The molecule has 0 N–H and O–H groups in total. The molecule has 1 aromatic rings. The highest BCUT2D eigenvalue weighted by molar-refractivity contribution is 7.89. The van der Waals surface area contributed by atoms with E-state index in [0.717, 1.165) is 6.42 Å². The van der Waals surface area contributed by atoms with Gasteiger partial charge >= 0.3 is 0 Å². The van der Waals surface area contributed by atoms with Crippen molar-refractivity contribution in [2.45, 2.75) is 49.8 Å². The van der Waals surface area contributed by atoms with Crippen LogP contribution in [0.25, 0.3) is 0 Å². The van der Waals surface area contributed by atoms with Crippen molar-refractivity contribution in [2.24, 2.45) is 5.92 Å². The fraction of sp³-hybridized carbons (Fsp3) is 0.632. The predicted octanol–water partition coefficient (Wildman–Crippen LogP) is 4.19. The normalized spacial score (nSPS) is 20.0. The van der Waals surface area contributed by atoms with Gasteiger partial charge in [-0.1, -0.05) is 61.4 Å². The molecule has 1 aliphatic heterocycles. The number of amides is 1. The van der Waals surface area contributed by atoms with E-state index in [2.05, 4.69) is 0 Å². The summed E-state index contributed by atoms with van der Waals surface area (Å²) in [6, 6.07) is 4.66. The Kier molecular flexibility index (Phi) is 7.06. The predicted molar refractivity (Wildman–Crippen MR) is 108 cm³/mol. The summed E-state index contributed by atoms with van der Waals surface area (Å²) in [6.45, 7) is 1.34. The molecule has 1 aromatic carbocycles. The fourth-order valence-electron chi connectivity index (χ4n) is 4.00. The largest absolute Gasteiger partial charge is 0.340 e. The third-order valence-electron chi connectivity index (χ3n) is 5.60. The number of carbonyl (C=O) groups excluding carboxylic acids is 1. The van der Waals surface area contributed by atoms with E-state index in [9.17, 15) is 13.2 Å². The number of hydrogen-bond acceptors (Lipinski definition) is 3. The Morgan fingerprint density at radius 2 is 1.59 bits per heavy atom. The minimum absolute atomic E-state index is 0.0505. The van der Waals surface area contributed by atoms with Gasteiger partial charge < -0.3 is 4.90 Å². The zero-order chi connectivity index (χ0) is 19.4. The maximum atomic E-state index is 12.9. The van der Waals surface area contributed by atoms with Gasteiger partial charge in [-0.15, -0.1) is 0 Å². The van der Waals surface area contributed by atoms with E-state index in [1.165, 1.54) is 48.5 Å². The van der Waals surface area contributed by atoms with Crippen molar-refractivity contribution in [3.8, 4) is 0 Å². The molecule has 1 aliphatic carbocycles. The number of rotatable bonds is 5. The van der Waals surface area contributed by atoms with Crippen LogP contribution in [0.3, 0.4) is 0 Å². The molecule has 0 radical (unpaired) electrons. The highest BCUT2D eigenvalue weighted by Gasteiger charge is 2.33. The van der Waals surface area contributed by atoms with Crippen LogP contribution in [0.15, 0.2) is 23.1 Å². The van der Waals surface area contributed by atoms with E-state index in [1.807, 2.05) is 0 Å². The van der Waals surface area contributed by atoms with Gasteiger partial charge in [0.2, 0.25) is 15.9 Å². The standard InChI is InChI=1S/C19H26Cl2N2O3S/c20-16-7-4-8-17(21)19(16)27(25,26)23-13-11-22(12-14-23)18(24)10-9-15-5-2-1-3-6-15/h4,7-8,15H,1-3,5-6,9-14H2. The second-order valence-electron chi connectivity index (χ2n) is 7.38. The van der Waals surface area contributed by atoms with Crippen molar-refractivity contribution in [3.05, 3.63) is 28.2 Å². The maximum Gasteiger partial charge on any atom is 0.246 e. The van der Waals surface area contributed by atoms with Crippen LogP contribution < -0.4 is 0 Å². The summed E-state index contributed by atoms with van der Waals surface area (Å²) in [4.78, 5) is 14.2. The highest BCUT2D eigenvalue weighted by atomic mass is 35.5. The van der Waals surface area contributed by atoms with Crippen LogP contribution in [0.1, 0.15) is 44.9 Å². The molecule has 1 heterocycles. The van der Waals surface area contributed by atoms with Gasteiger partial charge in [0.1, 0.15) is 4.90 Å². The Labute approximate surface area is 171 Å². The van der Waals surface area contributed by atoms with Crippen LogP contribution in [0, 0.1) is 5.92 Å². The van der Waals surface area contributed by atoms with E-state index in [4.69, 9.17) is 23.2 Å². The summed E-state index contributed by atoms with van der Waals surface area (Å²) in [7, 11) is -3.77. The summed E-state index contributed by atoms with van der Waals surface area (Å²) < 4.78 is 27.1. The number of halogens is 2. The van der Waals surface area contributed by atoms with Gasteiger partial charge in [0.05, 0.1) is 10.0 Å². The smallest absolute Gasteiger partial charge is 0.246 e. The van der Waals surface area contributed by atoms with Crippen molar-refractivity contribution in [1.82, 2.24) is 9.21 Å². The van der Waals surface area contributed by atoms with Crippen molar-refractivity contribution < 1.29 is 13.2 Å². The number of nitrogens with zero attached hydrogens (tertiary/aromatic N) is 2. The average molecular weight is 433 g/mol. The number of benzene rings is 1. The molecule has 1 saturated heterocycles. The van der Waals surface area contributed by atoms with Crippen LogP contribution in [0.5, 0.6) is 0 Å². The molecule has 8 heteroatoms. The van der Waals surface area contributed by atoms with Crippen molar-refractivity contribution >= 4 is 39.1 Å². The van der Waals surface area contributed by atoms with Crippen LogP contribution in [-0.4, -0.2) is 49.7 Å². The second kappa shape index (κ2) is 9.12. The van der Waals surface area contributed by atoms with E-state index in [0.29, 0.717) is 25.4 Å². The summed E-state index contributed by atoms with van der Waals surface area (Å²) in [5, 5.41) is 0.238. The molecule has 0 atom stereocenters. The van der Waals surface area contributed by atoms with Gasteiger partial charge in [0.25, 0.3) is 0 Å².